The molecule has 26 heavy (non-hydrogen) atoms. The first-order chi connectivity index (χ1) is 12.7. The SMILES string of the molecule is CC[C@H](Sc1ccc(Cl)cc1)C(=O)NCc1nc(-c2ccccc2)no1. The molecule has 0 bridgehead atoms. The lowest BCUT2D eigenvalue weighted by molar-refractivity contribution is -0.120. The third-order valence-electron chi connectivity index (χ3n) is 3.67. The van der Waals surface area contributed by atoms with E-state index in [-0.39, 0.29) is 17.7 Å². The van der Waals surface area contributed by atoms with Gasteiger partial charge in [-0.2, -0.15) is 4.98 Å². The molecule has 134 valence electrons. The first kappa shape index (κ1) is 18.5. The Morgan fingerprint density at radius 3 is 2.62 bits per heavy atom. The monoisotopic (exact) mass is 387 g/mol. The van der Waals surface area contributed by atoms with Crippen LogP contribution in [0.3, 0.4) is 0 Å². The summed E-state index contributed by atoms with van der Waals surface area (Å²) in [6, 6.07) is 17.0. The highest BCUT2D eigenvalue weighted by Gasteiger charge is 2.19. The first-order valence-electron chi connectivity index (χ1n) is 8.23. The minimum atomic E-state index is -0.201. The van der Waals surface area contributed by atoms with Gasteiger partial charge in [0.05, 0.1) is 11.8 Å². The van der Waals surface area contributed by atoms with Gasteiger partial charge >= 0.3 is 0 Å². The number of rotatable bonds is 7. The molecule has 1 atom stereocenters. The molecule has 0 fully saturated rings. The van der Waals surface area contributed by atoms with Crippen LogP contribution in [-0.2, 0) is 11.3 Å². The maximum Gasteiger partial charge on any atom is 0.246 e. The van der Waals surface area contributed by atoms with Gasteiger partial charge in [-0.25, -0.2) is 0 Å². The minimum Gasteiger partial charge on any atom is -0.346 e. The van der Waals surface area contributed by atoms with Gasteiger partial charge in [0.15, 0.2) is 0 Å². The summed E-state index contributed by atoms with van der Waals surface area (Å²) >= 11 is 7.40. The smallest absolute Gasteiger partial charge is 0.246 e. The van der Waals surface area contributed by atoms with Crippen LogP contribution in [0, 0.1) is 0 Å². The number of nitrogens with zero attached hydrogens (tertiary/aromatic N) is 2. The van der Waals surface area contributed by atoms with Crippen LogP contribution in [-0.4, -0.2) is 21.3 Å². The summed E-state index contributed by atoms with van der Waals surface area (Å²) in [4.78, 5) is 17.8. The molecule has 0 aliphatic carbocycles. The molecule has 1 amide bonds. The van der Waals surface area contributed by atoms with E-state index in [9.17, 15) is 4.79 Å². The molecular formula is C19H18ClN3O2S. The molecule has 1 heterocycles. The van der Waals surface area contributed by atoms with Gasteiger partial charge in [0.1, 0.15) is 0 Å². The maximum atomic E-state index is 12.4. The lowest BCUT2D eigenvalue weighted by Crippen LogP contribution is -2.31. The Labute approximate surface area is 161 Å². The zero-order valence-electron chi connectivity index (χ0n) is 14.2. The molecule has 0 aliphatic heterocycles. The summed E-state index contributed by atoms with van der Waals surface area (Å²) in [5.41, 5.74) is 0.874. The maximum absolute atomic E-state index is 12.4. The summed E-state index contributed by atoms with van der Waals surface area (Å²) in [7, 11) is 0. The number of thioether (sulfide) groups is 1. The number of amides is 1. The number of halogens is 1. The predicted octanol–water partition coefficient (Wildman–Crippen LogP) is 4.58. The predicted molar refractivity (Wildman–Crippen MR) is 103 cm³/mol. The summed E-state index contributed by atoms with van der Waals surface area (Å²) in [5.74, 6) is 0.827. The minimum absolute atomic E-state index is 0.0630. The highest BCUT2D eigenvalue weighted by atomic mass is 35.5. The molecule has 0 saturated carbocycles. The van der Waals surface area contributed by atoms with Crippen molar-refractivity contribution in [1.82, 2.24) is 15.5 Å². The molecule has 0 aliphatic rings. The van der Waals surface area contributed by atoms with Gasteiger partial charge in [0, 0.05) is 15.5 Å². The van der Waals surface area contributed by atoms with Crippen molar-refractivity contribution < 1.29 is 9.32 Å². The molecule has 0 spiro atoms. The standard InChI is InChI=1S/C19H18ClN3O2S/c1-2-16(26-15-10-8-14(20)9-11-15)19(24)21-12-17-22-18(23-25-17)13-6-4-3-5-7-13/h3-11,16H,2,12H2,1H3,(H,21,24)/t16-/m0/s1. The second-order valence-electron chi connectivity index (χ2n) is 5.56. The van der Waals surface area contributed by atoms with E-state index in [1.54, 1.807) is 0 Å². The number of hydrogen-bond donors (Lipinski definition) is 1. The van der Waals surface area contributed by atoms with Crippen LogP contribution in [0.5, 0.6) is 0 Å². The average molecular weight is 388 g/mol. The molecule has 7 heteroatoms. The molecule has 3 rings (SSSR count). The van der Waals surface area contributed by atoms with Crippen LogP contribution in [0.25, 0.3) is 11.4 Å². The fourth-order valence-electron chi connectivity index (χ4n) is 2.31. The van der Waals surface area contributed by atoms with E-state index in [1.807, 2.05) is 61.5 Å². The number of carbonyl (C=O) groups excluding carboxylic acids is 1. The van der Waals surface area contributed by atoms with Gasteiger partial charge in [-0.15, -0.1) is 11.8 Å². The molecule has 1 aromatic heterocycles. The lowest BCUT2D eigenvalue weighted by Gasteiger charge is -2.13. The van der Waals surface area contributed by atoms with Crippen LogP contribution in [0.4, 0.5) is 0 Å². The van der Waals surface area contributed by atoms with Crippen LogP contribution < -0.4 is 5.32 Å². The molecule has 0 unspecified atom stereocenters. The van der Waals surface area contributed by atoms with Gasteiger partial charge < -0.3 is 9.84 Å². The number of aromatic nitrogens is 2. The van der Waals surface area contributed by atoms with Crippen molar-refractivity contribution in [1.29, 1.82) is 0 Å². The van der Waals surface area contributed by atoms with Crippen LogP contribution in [0.15, 0.2) is 64.0 Å². The van der Waals surface area contributed by atoms with Crippen LogP contribution in [0.2, 0.25) is 5.02 Å². The van der Waals surface area contributed by atoms with Crippen molar-refractivity contribution in [2.75, 3.05) is 0 Å². The Balaban J connectivity index is 1.57. The van der Waals surface area contributed by atoms with Crippen molar-refractivity contribution >= 4 is 29.3 Å². The summed E-state index contributed by atoms with van der Waals surface area (Å²) in [5, 5.41) is 7.29. The van der Waals surface area contributed by atoms with Gasteiger partial charge in [-0.3, -0.25) is 4.79 Å². The third kappa shape index (κ3) is 4.86. The van der Waals surface area contributed by atoms with E-state index in [4.69, 9.17) is 16.1 Å². The Morgan fingerprint density at radius 1 is 1.19 bits per heavy atom. The fraction of sp³-hybridized carbons (Fsp3) is 0.211. The molecule has 1 N–H and O–H groups in total. The number of carbonyl (C=O) groups is 1. The largest absolute Gasteiger partial charge is 0.346 e. The quantitative estimate of drug-likeness (QED) is 0.601. The number of nitrogens with one attached hydrogen (secondary N) is 1. The second-order valence-corrected chi connectivity index (χ2v) is 7.28. The van der Waals surface area contributed by atoms with Crippen molar-refractivity contribution in [3.05, 3.63) is 65.5 Å². The van der Waals surface area contributed by atoms with Crippen molar-refractivity contribution in [3.8, 4) is 11.4 Å². The van der Waals surface area contributed by atoms with Gasteiger partial charge in [-0.1, -0.05) is 54.0 Å². The van der Waals surface area contributed by atoms with E-state index >= 15 is 0 Å². The molecule has 0 saturated heterocycles. The normalized spacial score (nSPS) is 11.9. The Morgan fingerprint density at radius 2 is 1.92 bits per heavy atom. The second kappa shape index (κ2) is 8.87. The summed E-state index contributed by atoms with van der Waals surface area (Å²) in [6.45, 7) is 2.18. The zero-order chi connectivity index (χ0) is 18.4. The molecule has 2 aromatic carbocycles. The summed E-state index contributed by atoms with van der Waals surface area (Å²) in [6.07, 6.45) is 0.707. The average Bonchev–Trinajstić information content (AvgIpc) is 3.15. The Bertz CT molecular complexity index is 853. The van der Waals surface area contributed by atoms with E-state index < -0.39 is 0 Å². The molecule has 5 nitrogen and oxygen atoms in total. The van der Waals surface area contributed by atoms with E-state index in [1.165, 1.54) is 11.8 Å². The third-order valence-corrected chi connectivity index (χ3v) is 5.30. The first-order valence-corrected chi connectivity index (χ1v) is 9.49. The highest BCUT2D eigenvalue weighted by molar-refractivity contribution is 8.00. The van der Waals surface area contributed by atoms with Crippen molar-refractivity contribution in [3.63, 3.8) is 0 Å². The van der Waals surface area contributed by atoms with Gasteiger partial charge in [0.2, 0.25) is 17.6 Å². The molecule has 3 aromatic rings. The zero-order valence-corrected chi connectivity index (χ0v) is 15.8. The molecular weight excluding hydrogens is 370 g/mol. The van der Waals surface area contributed by atoms with Crippen LogP contribution in [0.1, 0.15) is 19.2 Å². The van der Waals surface area contributed by atoms with Gasteiger partial charge in [0.25, 0.3) is 0 Å². The van der Waals surface area contributed by atoms with Gasteiger partial charge in [-0.05, 0) is 30.7 Å². The fourth-order valence-corrected chi connectivity index (χ4v) is 3.41. The lowest BCUT2D eigenvalue weighted by atomic mass is 10.2. The van der Waals surface area contributed by atoms with Crippen molar-refractivity contribution in [2.45, 2.75) is 30.0 Å². The Kier molecular flexibility index (Phi) is 6.30. The summed E-state index contributed by atoms with van der Waals surface area (Å²) < 4.78 is 5.22. The van der Waals surface area contributed by atoms with E-state index in [0.717, 1.165) is 10.5 Å². The number of benzene rings is 2. The Hall–Kier alpha value is -2.31. The van der Waals surface area contributed by atoms with E-state index in [0.29, 0.717) is 23.2 Å². The van der Waals surface area contributed by atoms with Crippen molar-refractivity contribution in [2.24, 2.45) is 0 Å². The highest BCUT2D eigenvalue weighted by Crippen LogP contribution is 2.26. The van der Waals surface area contributed by atoms with Crippen LogP contribution >= 0.6 is 23.4 Å². The van der Waals surface area contributed by atoms with E-state index in [2.05, 4.69) is 15.5 Å². The number of hydrogen-bond acceptors (Lipinski definition) is 5. The topological polar surface area (TPSA) is 68.0 Å². The molecule has 0 radical (unpaired) electrons.